The number of amides is 1. The first kappa shape index (κ1) is 17.2. The SMILES string of the molecule is Cn1ccc2ccc(CN3CC[C@@]45OC[C@@H](c6ccccc6)N4C(=O)C[C@@H]35)cc21. The standard InChI is InChI=1S/C24H25N3O2/c1-25-11-9-19-8-7-17(13-20(19)25)15-26-12-10-24-22(26)14-23(28)27(24)21(16-29-24)18-5-3-2-4-6-18/h2-9,11,13,21-22H,10,12,14-16H2,1H3/t21-,22+,24-/m0/s1. The van der Waals surface area contributed by atoms with E-state index in [1.54, 1.807) is 0 Å². The van der Waals surface area contributed by atoms with Crippen LogP contribution in [0.1, 0.15) is 30.0 Å². The molecular weight excluding hydrogens is 362 g/mol. The maximum atomic E-state index is 13.0. The van der Waals surface area contributed by atoms with Gasteiger partial charge in [0.25, 0.3) is 0 Å². The van der Waals surface area contributed by atoms with E-state index in [2.05, 4.69) is 64.0 Å². The highest BCUT2D eigenvalue weighted by atomic mass is 16.5. The summed E-state index contributed by atoms with van der Waals surface area (Å²) in [6.07, 6.45) is 3.54. The van der Waals surface area contributed by atoms with Gasteiger partial charge in [-0.25, -0.2) is 0 Å². The van der Waals surface area contributed by atoms with Gasteiger partial charge in [-0.3, -0.25) is 9.69 Å². The number of hydrogen-bond acceptors (Lipinski definition) is 3. The van der Waals surface area contributed by atoms with Gasteiger partial charge >= 0.3 is 0 Å². The smallest absolute Gasteiger partial charge is 0.227 e. The summed E-state index contributed by atoms with van der Waals surface area (Å²) in [5, 5.41) is 1.26. The van der Waals surface area contributed by atoms with Crippen molar-refractivity contribution < 1.29 is 9.53 Å². The van der Waals surface area contributed by atoms with Crippen LogP contribution in [0.25, 0.3) is 10.9 Å². The van der Waals surface area contributed by atoms with E-state index in [-0.39, 0.29) is 18.0 Å². The largest absolute Gasteiger partial charge is 0.351 e. The van der Waals surface area contributed by atoms with Crippen molar-refractivity contribution in [1.82, 2.24) is 14.4 Å². The molecule has 1 aromatic heterocycles. The Bertz CT molecular complexity index is 1090. The minimum Gasteiger partial charge on any atom is -0.351 e. The highest BCUT2D eigenvalue weighted by Crippen LogP contribution is 2.51. The number of rotatable bonds is 3. The second-order valence-corrected chi connectivity index (χ2v) is 8.61. The average molecular weight is 387 g/mol. The zero-order chi connectivity index (χ0) is 19.6. The molecule has 3 atom stereocenters. The molecule has 1 amide bonds. The monoisotopic (exact) mass is 387 g/mol. The first-order valence-corrected chi connectivity index (χ1v) is 10.4. The van der Waals surface area contributed by atoms with Crippen molar-refractivity contribution >= 4 is 16.8 Å². The second-order valence-electron chi connectivity index (χ2n) is 8.61. The van der Waals surface area contributed by atoms with Gasteiger partial charge in [0.2, 0.25) is 5.91 Å². The van der Waals surface area contributed by atoms with E-state index in [1.165, 1.54) is 22.0 Å². The molecule has 148 valence electrons. The number of hydrogen-bond donors (Lipinski definition) is 0. The molecule has 5 heteroatoms. The minimum absolute atomic E-state index is 0.0355. The Balaban J connectivity index is 1.29. The third kappa shape index (κ3) is 2.44. The van der Waals surface area contributed by atoms with Crippen LogP contribution in [0.5, 0.6) is 0 Å². The third-order valence-corrected chi connectivity index (χ3v) is 7.09. The summed E-state index contributed by atoms with van der Waals surface area (Å²) >= 11 is 0. The van der Waals surface area contributed by atoms with Crippen LogP contribution in [0.2, 0.25) is 0 Å². The molecule has 3 aliphatic rings. The van der Waals surface area contributed by atoms with Gasteiger partial charge in [0.15, 0.2) is 5.72 Å². The van der Waals surface area contributed by atoms with Gasteiger partial charge in [0.1, 0.15) is 0 Å². The maximum Gasteiger partial charge on any atom is 0.227 e. The van der Waals surface area contributed by atoms with Crippen LogP contribution < -0.4 is 0 Å². The third-order valence-electron chi connectivity index (χ3n) is 7.09. The number of nitrogens with zero attached hydrogens (tertiary/aromatic N) is 3. The van der Waals surface area contributed by atoms with Crippen LogP contribution in [0.15, 0.2) is 60.8 Å². The molecule has 2 aromatic carbocycles. The molecule has 0 radical (unpaired) electrons. The number of carbonyl (C=O) groups excluding carboxylic acids is 1. The topological polar surface area (TPSA) is 37.7 Å². The van der Waals surface area contributed by atoms with Crippen LogP contribution in [0, 0.1) is 0 Å². The normalized spacial score (nSPS) is 29.0. The van der Waals surface area contributed by atoms with Crippen molar-refractivity contribution in [2.45, 2.75) is 37.2 Å². The second kappa shape index (κ2) is 6.18. The number of aryl methyl sites for hydroxylation is 1. The van der Waals surface area contributed by atoms with Crippen LogP contribution in [-0.4, -0.2) is 45.2 Å². The molecule has 3 saturated heterocycles. The van der Waals surface area contributed by atoms with E-state index < -0.39 is 5.72 Å². The zero-order valence-corrected chi connectivity index (χ0v) is 16.6. The van der Waals surface area contributed by atoms with Gasteiger partial charge in [-0.1, -0.05) is 42.5 Å². The molecule has 3 fully saturated rings. The molecule has 3 aliphatic heterocycles. The molecule has 0 saturated carbocycles. The van der Waals surface area contributed by atoms with Crippen molar-refractivity contribution in [2.24, 2.45) is 7.05 Å². The lowest BCUT2D eigenvalue weighted by atomic mass is 10.0. The number of fused-ring (bicyclic) bond motifs is 1. The summed E-state index contributed by atoms with van der Waals surface area (Å²) in [5.74, 6) is 0.226. The Hall–Kier alpha value is -2.63. The van der Waals surface area contributed by atoms with Gasteiger partial charge in [-0.05, 0) is 28.6 Å². The Morgan fingerprint density at radius 2 is 2.00 bits per heavy atom. The van der Waals surface area contributed by atoms with Crippen molar-refractivity contribution in [2.75, 3.05) is 13.2 Å². The minimum atomic E-state index is -0.452. The fourth-order valence-electron chi connectivity index (χ4n) is 5.68. The Labute approximate surface area is 170 Å². The van der Waals surface area contributed by atoms with Crippen LogP contribution in [0.3, 0.4) is 0 Å². The van der Waals surface area contributed by atoms with E-state index >= 15 is 0 Å². The summed E-state index contributed by atoms with van der Waals surface area (Å²) in [6.45, 7) is 2.41. The molecule has 29 heavy (non-hydrogen) atoms. The molecule has 6 rings (SSSR count). The van der Waals surface area contributed by atoms with Crippen molar-refractivity contribution in [3.05, 3.63) is 71.9 Å². The summed E-state index contributed by atoms with van der Waals surface area (Å²) in [6, 6.07) is 19.3. The first-order chi connectivity index (χ1) is 14.2. The van der Waals surface area contributed by atoms with Crippen molar-refractivity contribution in [1.29, 1.82) is 0 Å². The van der Waals surface area contributed by atoms with Crippen molar-refractivity contribution in [3.8, 4) is 0 Å². The molecule has 3 aromatic rings. The molecule has 4 heterocycles. The number of benzene rings is 2. The molecule has 0 unspecified atom stereocenters. The van der Waals surface area contributed by atoms with E-state index in [1.807, 2.05) is 18.2 Å². The summed E-state index contributed by atoms with van der Waals surface area (Å²) in [4.78, 5) is 17.6. The Kier molecular flexibility index (Phi) is 3.68. The summed E-state index contributed by atoms with van der Waals surface area (Å²) < 4.78 is 8.59. The lowest BCUT2D eigenvalue weighted by molar-refractivity contribution is -0.138. The van der Waals surface area contributed by atoms with Crippen molar-refractivity contribution in [3.63, 3.8) is 0 Å². The highest BCUT2D eigenvalue weighted by molar-refractivity contribution is 5.82. The number of aromatic nitrogens is 1. The lowest BCUT2D eigenvalue weighted by Gasteiger charge is -2.33. The van der Waals surface area contributed by atoms with E-state index in [9.17, 15) is 4.79 Å². The van der Waals surface area contributed by atoms with Gasteiger partial charge in [0, 0.05) is 44.7 Å². The summed E-state index contributed by atoms with van der Waals surface area (Å²) in [5.41, 5.74) is 3.26. The molecule has 5 nitrogen and oxygen atoms in total. The predicted octanol–water partition coefficient (Wildman–Crippen LogP) is 3.45. The van der Waals surface area contributed by atoms with Crippen LogP contribution >= 0.6 is 0 Å². The summed E-state index contributed by atoms with van der Waals surface area (Å²) in [7, 11) is 2.08. The molecular formula is C24H25N3O2. The molecule has 0 aliphatic carbocycles. The predicted molar refractivity (Wildman–Crippen MR) is 111 cm³/mol. The van der Waals surface area contributed by atoms with Gasteiger partial charge in [-0.15, -0.1) is 0 Å². The maximum absolute atomic E-state index is 13.0. The molecule has 1 spiro atoms. The van der Waals surface area contributed by atoms with E-state index in [4.69, 9.17) is 4.74 Å². The molecule has 0 bridgehead atoms. The van der Waals surface area contributed by atoms with Gasteiger partial charge in [0.05, 0.1) is 18.7 Å². The first-order valence-electron chi connectivity index (χ1n) is 10.4. The zero-order valence-electron chi connectivity index (χ0n) is 16.6. The van der Waals surface area contributed by atoms with Crippen LogP contribution in [0.4, 0.5) is 0 Å². The van der Waals surface area contributed by atoms with E-state index in [0.717, 1.165) is 19.5 Å². The fourth-order valence-corrected chi connectivity index (χ4v) is 5.68. The van der Waals surface area contributed by atoms with Gasteiger partial charge < -0.3 is 14.2 Å². The fraction of sp³-hybridized carbons (Fsp3) is 0.375. The average Bonchev–Trinajstić information content (AvgIpc) is 3.46. The lowest BCUT2D eigenvalue weighted by Crippen LogP contribution is -2.48. The highest BCUT2D eigenvalue weighted by Gasteiger charge is 2.64. The Morgan fingerprint density at radius 1 is 1.14 bits per heavy atom. The number of ether oxygens (including phenoxy) is 1. The number of likely N-dealkylation sites (tertiary alicyclic amines) is 1. The molecule has 0 N–H and O–H groups in total. The van der Waals surface area contributed by atoms with Gasteiger partial charge in [-0.2, -0.15) is 0 Å². The number of carbonyl (C=O) groups is 1. The Morgan fingerprint density at radius 3 is 2.86 bits per heavy atom. The van der Waals surface area contributed by atoms with Crippen LogP contribution in [-0.2, 0) is 23.1 Å². The quantitative estimate of drug-likeness (QED) is 0.691. The van der Waals surface area contributed by atoms with E-state index in [0.29, 0.717) is 13.0 Å².